The molecule has 2 aliphatic carbocycles. The van der Waals surface area contributed by atoms with Gasteiger partial charge in [-0.3, -0.25) is 4.79 Å². The molecule has 150 valence electrons. The average molecular weight is 372 g/mol. The van der Waals surface area contributed by atoms with E-state index >= 15 is 0 Å². The number of hydrogen-bond acceptors (Lipinski definition) is 2. The molecule has 3 rings (SSSR count). The molecule has 3 nitrogen and oxygen atoms in total. The summed E-state index contributed by atoms with van der Waals surface area (Å²) in [7, 11) is 0. The second-order valence-electron chi connectivity index (χ2n) is 8.99. The Balaban J connectivity index is 1.37. The Hall–Kier alpha value is -1.51. The van der Waals surface area contributed by atoms with Gasteiger partial charge in [0.1, 0.15) is 5.75 Å². The van der Waals surface area contributed by atoms with Gasteiger partial charge in [0.05, 0.1) is 6.61 Å². The molecule has 0 bridgehead atoms. The molecular weight excluding hydrogens is 334 g/mol. The number of carbonyl (C=O) groups is 1. The fourth-order valence-corrected chi connectivity index (χ4v) is 4.97. The van der Waals surface area contributed by atoms with Crippen molar-refractivity contribution in [2.45, 2.75) is 91.0 Å². The predicted octanol–water partition coefficient (Wildman–Crippen LogP) is 6.04. The van der Waals surface area contributed by atoms with Crippen LogP contribution in [0.5, 0.6) is 5.75 Å². The summed E-state index contributed by atoms with van der Waals surface area (Å²) in [6.45, 7) is 7.45. The van der Waals surface area contributed by atoms with E-state index < -0.39 is 0 Å². The van der Waals surface area contributed by atoms with Crippen LogP contribution in [-0.4, -0.2) is 18.6 Å². The van der Waals surface area contributed by atoms with Gasteiger partial charge in [0.25, 0.3) is 5.91 Å². The van der Waals surface area contributed by atoms with Gasteiger partial charge in [-0.1, -0.05) is 26.7 Å². The van der Waals surface area contributed by atoms with Crippen LogP contribution in [0.15, 0.2) is 18.2 Å². The summed E-state index contributed by atoms with van der Waals surface area (Å²) in [5, 5.41) is 3.04. The Labute approximate surface area is 165 Å². The largest absolute Gasteiger partial charge is 0.493 e. The fraction of sp³-hybridized carbons (Fsp3) is 0.708. The Kier molecular flexibility index (Phi) is 6.83. The third-order valence-corrected chi connectivity index (χ3v) is 6.37. The van der Waals surface area contributed by atoms with Crippen molar-refractivity contribution in [2.75, 3.05) is 6.61 Å². The maximum absolute atomic E-state index is 12.1. The second kappa shape index (κ2) is 9.12. The van der Waals surface area contributed by atoms with E-state index in [1.165, 1.54) is 44.9 Å². The molecule has 2 aliphatic rings. The molecule has 0 heterocycles. The van der Waals surface area contributed by atoms with Crippen LogP contribution in [-0.2, 0) is 0 Å². The van der Waals surface area contributed by atoms with E-state index in [1.807, 2.05) is 25.1 Å². The number of nitrogens with one attached hydrogen (secondary N) is 1. The molecule has 27 heavy (non-hydrogen) atoms. The molecule has 0 unspecified atom stereocenters. The van der Waals surface area contributed by atoms with Crippen molar-refractivity contribution in [3.8, 4) is 5.75 Å². The lowest BCUT2D eigenvalue weighted by Crippen LogP contribution is -2.37. The Bertz CT molecular complexity index is 621. The van der Waals surface area contributed by atoms with E-state index in [-0.39, 0.29) is 5.91 Å². The summed E-state index contributed by atoms with van der Waals surface area (Å²) in [6, 6.07) is 6.18. The minimum Gasteiger partial charge on any atom is -0.493 e. The Morgan fingerprint density at radius 2 is 1.89 bits per heavy atom. The quantitative estimate of drug-likeness (QED) is 0.481. The molecule has 0 aromatic heterocycles. The van der Waals surface area contributed by atoms with Gasteiger partial charge in [-0.15, -0.1) is 0 Å². The van der Waals surface area contributed by atoms with Crippen molar-refractivity contribution in [1.29, 1.82) is 0 Å². The highest BCUT2D eigenvalue weighted by atomic mass is 16.5. The van der Waals surface area contributed by atoms with Gasteiger partial charge in [0.15, 0.2) is 0 Å². The molecule has 2 fully saturated rings. The molecule has 0 spiro atoms. The van der Waals surface area contributed by atoms with E-state index in [9.17, 15) is 4.79 Å². The van der Waals surface area contributed by atoms with Gasteiger partial charge in [0.2, 0.25) is 0 Å². The zero-order chi connectivity index (χ0) is 19.3. The highest BCUT2D eigenvalue weighted by Gasteiger charge is 2.41. The molecule has 2 saturated carbocycles. The zero-order valence-electron chi connectivity index (χ0n) is 17.5. The lowest BCUT2D eigenvalue weighted by molar-refractivity contribution is 0.0259. The van der Waals surface area contributed by atoms with Crippen molar-refractivity contribution < 1.29 is 9.53 Å². The van der Waals surface area contributed by atoms with Crippen LogP contribution in [0.4, 0.5) is 0 Å². The molecule has 0 radical (unpaired) electrons. The van der Waals surface area contributed by atoms with Crippen LogP contribution in [0.2, 0.25) is 0 Å². The molecule has 0 atom stereocenters. The van der Waals surface area contributed by atoms with Gasteiger partial charge < -0.3 is 10.1 Å². The minimum absolute atomic E-state index is 0.0415. The highest BCUT2D eigenvalue weighted by molar-refractivity contribution is 5.94. The smallest absolute Gasteiger partial charge is 0.251 e. The van der Waals surface area contributed by atoms with Crippen molar-refractivity contribution in [2.24, 2.45) is 11.3 Å². The third-order valence-electron chi connectivity index (χ3n) is 6.37. The summed E-state index contributed by atoms with van der Waals surface area (Å²) in [4.78, 5) is 12.1. The maximum atomic E-state index is 12.1. The number of benzene rings is 1. The summed E-state index contributed by atoms with van der Waals surface area (Å²) in [6.07, 6.45) is 13.0. The summed E-state index contributed by atoms with van der Waals surface area (Å²) < 4.78 is 6.00. The first-order valence-electron chi connectivity index (χ1n) is 11.1. The Morgan fingerprint density at radius 3 is 2.48 bits per heavy atom. The molecule has 0 saturated heterocycles. The molecule has 3 heteroatoms. The second-order valence-corrected chi connectivity index (χ2v) is 8.99. The van der Waals surface area contributed by atoms with Crippen molar-refractivity contribution in [3.05, 3.63) is 29.3 Å². The highest BCUT2D eigenvalue weighted by Crippen LogP contribution is 2.53. The summed E-state index contributed by atoms with van der Waals surface area (Å²) >= 11 is 0. The number of ether oxygens (including phenoxy) is 1. The van der Waals surface area contributed by atoms with Gasteiger partial charge >= 0.3 is 0 Å². The van der Waals surface area contributed by atoms with E-state index in [2.05, 4.69) is 19.2 Å². The van der Waals surface area contributed by atoms with Crippen molar-refractivity contribution in [1.82, 2.24) is 5.32 Å². The van der Waals surface area contributed by atoms with Gasteiger partial charge in [-0.2, -0.15) is 0 Å². The standard InChI is InChI=1S/C24H37NO2/c1-4-12-24(13-5-2)16-19(17-24)7-6-14-27-22-11-8-20(15-18(22)3)23(26)25-21-9-10-21/h8,11,15,19,21H,4-7,9-10,12-14,16-17H2,1-3H3,(H,25,26). The number of hydrogen-bond donors (Lipinski definition) is 1. The SMILES string of the molecule is CCCC1(CCC)CC(CCCOc2ccc(C(=O)NC3CC3)cc2C)C1. The van der Waals surface area contributed by atoms with E-state index in [4.69, 9.17) is 4.74 Å². The van der Waals surface area contributed by atoms with E-state index in [1.54, 1.807) is 0 Å². The molecule has 1 N–H and O–H groups in total. The minimum atomic E-state index is 0.0415. The molecule has 1 aromatic rings. The van der Waals surface area contributed by atoms with E-state index in [0.29, 0.717) is 11.5 Å². The lowest BCUT2D eigenvalue weighted by atomic mass is 9.57. The molecular formula is C24H37NO2. The van der Waals surface area contributed by atoms with Gasteiger partial charge in [0, 0.05) is 11.6 Å². The average Bonchev–Trinajstić information content (AvgIpc) is 3.42. The maximum Gasteiger partial charge on any atom is 0.251 e. The third kappa shape index (κ3) is 5.49. The van der Waals surface area contributed by atoms with Crippen LogP contribution in [0, 0.1) is 18.3 Å². The van der Waals surface area contributed by atoms with Crippen molar-refractivity contribution >= 4 is 5.91 Å². The predicted molar refractivity (Wildman–Crippen MR) is 111 cm³/mol. The van der Waals surface area contributed by atoms with Crippen LogP contribution < -0.4 is 10.1 Å². The lowest BCUT2D eigenvalue weighted by Gasteiger charge is -2.48. The van der Waals surface area contributed by atoms with Crippen molar-refractivity contribution in [3.63, 3.8) is 0 Å². The summed E-state index contributed by atoms with van der Waals surface area (Å²) in [5.41, 5.74) is 2.46. The number of carbonyl (C=O) groups excluding carboxylic acids is 1. The molecule has 0 aliphatic heterocycles. The molecule has 1 aromatic carbocycles. The first-order chi connectivity index (χ1) is 13.0. The first-order valence-corrected chi connectivity index (χ1v) is 11.1. The normalized spacial score (nSPS) is 18.8. The van der Waals surface area contributed by atoms with Gasteiger partial charge in [-0.25, -0.2) is 0 Å². The molecule has 1 amide bonds. The topological polar surface area (TPSA) is 38.3 Å². The fourth-order valence-electron chi connectivity index (χ4n) is 4.97. The van der Waals surface area contributed by atoms with Crippen LogP contribution >= 0.6 is 0 Å². The zero-order valence-corrected chi connectivity index (χ0v) is 17.5. The number of amides is 1. The van der Waals surface area contributed by atoms with E-state index in [0.717, 1.165) is 48.7 Å². The van der Waals surface area contributed by atoms with Crippen LogP contribution in [0.25, 0.3) is 0 Å². The number of aryl methyl sites for hydroxylation is 1. The monoisotopic (exact) mass is 371 g/mol. The Morgan fingerprint density at radius 1 is 1.19 bits per heavy atom. The summed E-state index contributed by atoms with van der Waals surface area (Å²) in [5.74, 6) is 1.86. The van der Waals surface area contributed by atoms with Crippen LogP contribution in [0.1, 0.15) is 94.0 Å². The van der Waals surface area contributed by atoms with Gasteiger partial charge in [-0.05, 0) is 93.4 Å². The van der Waals surface area contributed by atoms with Crippen LogP contribution in [0.3, 0.4) is 0 Å². The first kappa shape index (κ1) is 20.2. The number of rotatable bonds is 11.